The number of aryl methyl sites for hydroxylation is 2. The van der Waals surface area contributed by atoms with Crippen molar-refractivity contribution in [1.29, 1.82) is 0 Å². The number of carbonyl (C=O) groups is 2. The summed E-state index contributed by atoms with van der Waals surface area (Å²) in [7, 11) is 2.03. The van der Waals surface area contributed by atoms with Gasteiger partial charge in [-0.3, -0.25) is 9.69 Å². The van der Waals surface area contributed by atoms with E-state index in [0.29, 0.717) is 31.6 Å². The van der Waals surface area contributed by atoms with E-state index < -0.39 is 11.9 Å². The van der Waals surface area contributed by atoms with Crippen LogP contribution in [-0.2, 0) is 16.1 Å². The Balaban J connectivity index is 0.000000677. The third-order valence-corrected chi connectivity index (χ3v) is 7.39. The van der Waals surface area contributed by atoms with E-state index in [1.165, 1.54) is 19.3 Å². The monoisotopic (exact) mass is 640 g/mol. The summed E-state index contributed by atoms with van der Waals surface area (Å²) in [4.78, 5) is 34.6. The topological polar surface area (TPSA) is 66.0 Å². The van der Waals surface area contributed by atoms with Crippen LogP contribution in [0.4, 0.5) is 8.78 Å². The lowest BCUT2D eigenvalue weighted by atomic mass is 10.1. The molecule has 4 rings (SSSR count). The molecule has 2 saturated heterocycles. The van der Waals surface area contributed by atoms with E-state index in [2.05, 4.69) is 37.6 Å². The Hall–Kier alpha value is -2.43. The molecule has 2 aromatic rings. The molecule has 0 N–H and O–H groups in total. The van der Waals surface area contributed by atoms with Crippen molar-refractivity contribution >= 4 is 23.2 Å². The Bertz CT molecular complexity index is 1020. The molecule has 0 aliphatic carbocycles. The van der Waals surface area contributed by atoms with Crippen LogP contribution >= 0.6 is 11.3 Å². The largest absolute Gasteiger partial charge is 0.452 e. The molecule has 1 aromatic carbocycles. The summed E-state index contributed by atoms with van der Waals surface area (Å²) in [5.41, 5.74) is 1.55. The Morgan fingerprint density at radius 3 is 2.00 bits per heavy atom. The number of esters is 1. The minimum absolute atomic E-state index is 0.0330. The zero-order valence-corrected chi connectivity index (χ0v) is 29.6. The molecule has 44 heavy (non-hydrogen) atoms. The number of alkyl halides is 2. The van der Waals surface area contributed by atoms with Gasteiger partial charge >= 0.3 is 5.97 Å². The zero-order valence-electron chi connectivity index (χ0n) is 28.8. The van der Waals surface area contributed by atoms with Gasteiger partial charge in [0, 0.05) is 50.2 Å². The summed E-state index contributed by atoms with van der Waals surface area (Å²) in [6.45, 7) is 20.7. The van der Waals surface area contributed by atoms with Crippen LogP contribution in [-0.4, -0.2) is 90.4 Å². The van der Waals surface area contributed by atoms with Gasteiger partial charge in [0.2, 0.25) is 0 Å². The average Bonchev–Trinajstić information content (AvgIpc) is 3.42. The second kappa shape index (κ2) is 23.9. The Morgan fingerprint density at radius 2 is 1.52 bits per heavy atom. The van der Waals surface area contributed by atoms with E-state index in [-0.39, 0.29) is 25.5 Å². The molecule has 3 heterocycles. The van der Waals surface area contributed by atoms with E-state index >= 15 is 0 Å². The van der Waals surface area contributed by atoms with E-state index in [1.807, 2.05) is 51.8 Å². The second-order valence-electron chi connectivity index (χ2n) is 10.8. The van der Waals surface area contributed by atoms with Gasteiger partial charge in [0.25, 0.3) is 11.8 Å². The van der Waals surface area contributed by atoms with E-state index in [9.17, 15) is 18.4 Å². The number of hydrogen-bond donors (Lipinski definition) is 0. The number of aromatic nitrogens is 1. The summed E-state index contributed by atoms with van der Waals surface area (Å²) in [6.07, 6.45) is 6.29. The van der Waals surface area contributed by atoms with Gasteiger partial charge in [-0.25, -0.2) is 18.6 Å². The quantitative estimate of drug-likeness (QED) is 0.300. The first kappa shape index (κ1) is 41.6. The van der Waals surface area contributed by atoms with Crippen molar-refractivity contribution < 1.29 is 23.1 Å². The molecule has 10 heteroatoms. The van der Waals surface area contributed by atoms with Crippen LogP contribution in [0.2, 0.25) is 0 Å². The SMILES string of the molecule is CC.CCC.CCCC.Cc1ccc(C(=O)OCC(=O)N2CCN(C)CC2)cc1.Cc1ncc(CN2CCCC(F)(F)C2)s1. The van der Waals surface area contributed by atoms with Gasteiger partial charge in [0.1, 0.15) is 0 Å². The van der Waals surface area contributed by atoms with E-state index in [4.69, 9.17) is 4.74 Å². The van der Waals surface area contributed by atoms with Gasteiger partial charge in [0.05, 0.1) is 17.1 Å². The number of likely N-dealkylation sites (N-methyl/N-ethyl adjacent to an activating group) is 1. The number of halogens is 2. The van der Waals surface area contributed by atoms with Crippen LogP contribution < -0.4 is 0 Å². The summed E-state index contributed by atoms with van der Waals surface area (Å²) in [5, 5.41) is 0.994. The maximum absolute atomic E-state index is 13.1. The minimum Gasteiger partial charge on any atom is -0.452 e. The van der Waals surface area contributed by atoms with Gasteiger partial charge in [-0.2, -0.15) is 0 Å². The van der Waals surface area contributed by atoms with Crippen molar-refractivity contribution in [1.82, 2.24) is 19.7 Å². The molecule has 0 bridgehead atoms. The number of ether oxygens (including phenoxy) is 1. The van der Waals surface area contributed by atoms with Gasteiger partial charge < -0.3 is 14.5 Å². The number of unbranched alkanes of at least 4 members (excludes halogenated alkanes) is 1. The number of hydrogen-bond acceptors (Lipinski definition) is 7. The lowest BCUT2D eigenvalue weighted by Gasteiger charge is -2.32. The first-order valence-electron chi connectivity index (χ1n) is 16.2. The van der Waals surface area contributed by atoms with Gasteiger partial charge in [-0.1, -0.05) is 78.5 Å². The fourth-order valence-electron chi connectivity index (χ4n) is 3.93. The maximum Gasteiger partial charge on any atom is 0.338 e. The number of nitrogens with zero attached hydrogens (tertiary/aromatic N) is 4. The average molecular weight is 641 g/mol. The van der Waals surface area contributed by atoms with Crippen molar-refractivity contribution in [2.45, 2.75) is 100.0 Å². The van der Waals surface area contributed by atoms with Crippen LogP contribution in [0.1, 0.15) is 99.5 Å². The standard InChI is InChI=1S/C15H20N2O3.C10H14F2N2S.C4H10.C3H8.C2H6/c1-12-3-5-13(6-4-12)15(19)20-11-14(18)17-9-7-16(2)8-10-17;1-8-13-5-9(15-8)6-14-4-2-3-10(11,12)7-14;1-3-4-2;1-3-2;1-2/h3-6H,7-11H2,1-2H3;5H,2-4,6-7H2,1H3;3-4H2,1-2H3;3H2,1-2H3;1-2H3. The summed E-state index contributed by atoms with van der Waals surface area (Å²) in [6, 6.07) is 7.10. The molecule has 2 aliphatic heterocycles. The number of carbonyl (C=O) groups excluding carboxylic acids is 2. The van der Waals surface area contributed by atoms with Crippen LogP contribution in [0, 0.1) is 13.8 Å². The summed E-state index contributed by atoms with van der Waals surface area (Å²) in [5.74, 6) is -3.08. The molecule has 252 valence electrons. The third-order valence-electron chi connectivity index (χ3n) is 6.49. The van der Waals surface area contributed by atoms with Gasteiger partial charge in [0.15, 0.2) is 6.61 Å². The summed E-state index contributed by atoms with van der Waals surface area (Å²) >= 11 is 1.58. The lowest BCUT2D eigenvalue weighted by molar-refractivity contribution is -0.136. The van der Waals surface area contributed by atoms with Crippen LogP contribution in [0.15, 0.2) is 30.5 Å². The van der Waals surface area contributed by atoms with E-state index in [1.54, 1.807) is 34.6 Å². The number of rotatable bonds is 6. The van der Waals surface area contributed by atoms with Crippen LogP contribution in [0.25, 0.3) is 0 Å². The normalized spacial score (nSPS) is 15.9. The predicted molar refractivity (Wildman–Crippen MR) is 180 cm³/mol. The zero-order chi connectivity index (χ0) is 33.5. The number of thiazole rings is 1. The maximum atomic E-state index is 13.1. The van der Waals surface area contributed by atoms with Crippen molar-refractivity contribution in [3.63, 3.8) is 0 Å². The first-order valence-corrected chi connectivity index (χ1v) is 17.0. The summed E-state index contributed by atoms with van der Waals surface area (Å²) < 4.78 is 31.3. The highest BCUT2D eigenvalue weighted by Crippen LogP contribution is 2.28. The number of amides is 1. The van der Waals surface area contributed by atoms with Crippen molar-refractivity contribution in [3.8, 4) is 0 Å². The minimum atomic E-state index is -2.50. The second-order valence-corrected chi connectivity index (χ2v) is 12.2. The number of piperazine rings is 1. The van der Waals surface area contributed by atoms with Gasteiger partial charge in [-0.15, -0.1) is 11.3 Å². The highest BCUT2D eigenvalue weighted by Gasteiger charge is 2.35. The Kier molecular flexibility index (Phi) is 22.6. The fraction of sp³-hybridized carbons (Fsp3) is 0.676. The molecule has 0 unspecified atom stereocenters. The number of piperidine rings is 1. The van der Waals surface area contributed by atoms with Crippen molar-refractivity contribution in [2.24, 2.45) is 0 Å². The van der Waals surface area contributed by atoms with E-state index in [0.717, 1.165) is 35.1 Å². The van der Waals surface area contributed by atoms with Crippen LogP contribution in [0.5, 0.6) is 0 Å². The third kappa shape index (κ3) is 18.4. The number of likely N-dealkylation sites (tertiary alicyclic amines) is 1. The Labute approximate surface area is 270 Å². The smallest absolute Gasteiger partial charge is 0.338 e. The molecule has 7 nitrogen and oxygen atoms in total. The highest BCUT2D eigenvalue weighted by molar-refractivity contribution is 7.11. The molecule has 0 radical (unpaired) electrons. The predicted octanol–water partition coefficient (Wildman–Crippen LogP) is 7.86. The van der Waals surface area contributed by atoms with Crippen molar-refractivity contribution in [3.05, 3.63) is 51.5 Å². The molecule has 2 fully saturated rings. The highest BCUT2D eigenvalue weighted by atomic mass is 32.1. The molecule has 1 aromatic heterocycles. The number of benzene rings is 1. The lowest BCUT2D eigenvalue weighted by Crippen LogP contribution is -2.48. The molecule has 0 saturated carbocycles. The molecule has 0 spiro atoms. The first-order chi connectivity index (χ1) is 20.9. The molecular weight excluding hydrogens is 582 g/mol. The molecule has 2 aliphatic rings. The molecule has 0 atom stereocenters. The van der Waals surface area contributed by atoms with Crippen molar-refractivity contribution in [2.75, 3.05) is 52.9 Å². The van der Waals surface area contributed by atoms with Crippen LogP contribution in [0.3, 0.4) is 0 Å². The molecule has 1 amide bonds. The Morgan fingerprint density at radius 1 is 0.955 bits per heavy atom. The fourth-order valence-corrected chi connectivity index (χ4v) is 4.77. The van der Waals surface area contributed by atoms with Gasteiger partial charge in [-0.05, 0) is 46.0 Å². The molecular formula is C34H58F2N4O3S.